The summed E-state index contributed by atoms with van der Waals surface area (Å²) in [6.07, 6.45) is 5.89. The third-order valence-electron chi connectivity index (χ3n) is 6.66. The summed E-state index contributed by atoms with van der Waals surface area (Å²) in [5.74, 6) is 4.15. The molecule has 1 fully saturated rings. The van der Waals surface area contributed by atoms with Gasteiger partial charge in [-0.15, -0.1) is 0 Å². The second kappa shape index (κ2) is 8.06. The summed E-state index contributed by atoms with van der Waals surface area (Å²) in [5, 5.41) is 5.07. The van der Waals surface area contributed by atoms with Crippen molar-refractivity contribution in [2.75, 3.05) is 32.2 Å². The molecule has 31 heavy (non-hydrogen) atoms. The number of methoxy groups -OCH3 is 2. The Morgan fingerprint density at radius 3 is 2.26 bits per heavy atom. The Morgan fingerprint density at radius 2 is 1.58 bits per heavy atom. The molecule has 1 saturated heterocycles. The van der Waals surface area contributed by atoms with Gasteiger partial charge in [-0.3, -0.25) is 0 Å². The van der Waals surface area contributed by atoms with Crippen LogP contribution in [0.4, 0.5) is 5.82 Å². The number of aromatic nitrogens is 3. The highest BCUT2D eigenvalue weighted by atomic mass is 16.5. The largest absolute Gasteiger partial charge is 0.497 e. The third-order valence-corrected chi connectivity index (χ3v) is 6.66. The first kappa shape index (κ1) is 20.2. The van der Waals surface area contributed by atoms with Crippen molar-refractivity contribution >= 4 is 11.5 Å². The summed E-state index contributed by atoms with van der Waals surface area (Å²) in [6, 6.07) is 8.01. The molecule has 6 nitrogen and oxygen atoms in total. The van der Waals surface area contributed by atoms with Crippen molar-refractivity contribution in [3.05, 3.63) is 35.5 Å². The molecule has 1 aliphatic heterocycles. The van der Waals surface area contributed by atoms with Gasteiger partial charge in [-0.05, 0) is 56.1 Å². The van der Waals surface area contributed by atoms with E-state index in [0.717, 1.165) is 54.3 Å². The van der Waals surface area contributed by atoms with Crippen molar-refractivity contribution < 1.29 is 9.47 Å². The number of ether oxygens (including phenoxy) is 2. The van der Waals surface area contributed by atoms with Gasteiger partial charge < -0.3 is 14.4 Å². The van der Waals surface area contributed by atoms with Gasteiger partial charge in [-0.25, -0.2) is 4.98 Å². The fourth-order valence-corrected chi connectivity index (χ4v) is 5.38. The summed E-state index contributed by atoms with van der Waals surface area (Å²) in [6.45, 7) is 6.89. The van der Waals surface area contributed by atoms with E-state index in [1.807, 2.05) is 18.2 Å². The lowest BCUT2D eigenvalue weighted by molar-refractivity contribution is 0.353. The Balaban J connectivity index is 1.68. The number of anilines is 1. The first-order valence-corrected chi connectivity index (χ1v) is 11.5. The van der Waals surface area contributed by atoms with Crippen LogP contribution in [-0.2, 0) is 12.8 Å². The first-order chi connectivity index (χ1) is 15.1. The fourth-order valence-electron chi connectivity index (χ4n) is 5.38. The smallest absolute Gasteiger partial charge is 0.158 e. The van der Waals surface area contributed by atoms with E-state index in [0.29, 0.717) is 11.8 Å². The van der Waals surface area contributed by atoms with Gasteiger partial charge in [0.25, 0.3) is 0 Å². The number of nitrogens with zero attached hydrogens (tertiary/aromatic N) is 4. The molecular weight excluding hydrogens is 388 g/mol. The monoisotopic (exact) mass is 420 g/mol. The lowest BCUT2D eigenvalue weighted by Gasteiger charge is -2.38. The van der Waals surface area contributed by atoms with Crippen LogP contribution in [-0.4, -0.2) is 41.9 Å². The minimum atomic E-state index is 0.684. The van der Waals surface area contributed by atoms with Crippen LogP contribution in [0.3, 0.4) is 0 Å². The number of benzene rings is 1. The van der Waals surface area contributed by atoms with Gasteiger partial charge in [0, 0.05) is 42.0 Å². The zero-order valence-electron chi connectivity index (χ0n) is 19.0. The molecule has 2 aliphatic rings. The maximum absolute atomic E-state index is 5.48. The van der Waals surface area contributed by atoms with Crippen LogP contribution >= 0.6 is 0 Å². The first-order valence-electron chi connectivity index (χ1n) is 11.5. The van der Waals surface area contributed by atoms with Crippen LogP contribution in [0.15, 0.2) is 24.3 Å². The van der Waals surface area contributed by atoms with E-state index >= 15 is 0 Å². The van der Waals surface area contributed by atoms with E-state index in [-0.39, 0.29) is 0 Å². The van der Waals surface area contributed by atoms with Crippen molar-refractivity contribution in [2.45, 2.75) is 46.0 Å². The van der Waals surface area contributed by atoms with Crippen LogP contribution in [0.5, 0.6) is 11.5 Å². The summed E-state index contributed by atoms with van der Waals surface area (Å²) < 4.78 is 13.0. The van der Waals surface area contributed by atoms with Crippen molar-refractivity contribution in [1.29, 1.82) is 0 Å². The average Bonchev–Trinajstić information content (AvgIpc) is 3.19. The molecule has 2 atom stereocenters. The molecule has 3 aromatic rings. The Kier molecular flexibility index (Phi) is 5.24. The summed E-state index contributed by atoms with van der Waals surface area (Å²) in [4.78, 5) is 7.62. The number of rotatable bonds is 4. The van der Waals surface area contributed by atoms with E-state index in [4.69, 9.17) is 19.6 Å². The normalized spacial score (nSPS) is 21.2. The molecule has 1 aromatic carbocycles. The second-order valence-electron chi connectivity index (χ2n) is 9.32. The van der Waals surface area contributed by atoms with Gasteiger partial charge in [0.2, 0.25) is 0 Å². The quantitative estimate of drug-likeness (QED) is 0.608. The molecule has 0 N–H and O–H groups in total. The molecule has 1 aliphatic carbocycles. The zero-order chi connectivity index (χ0) is 21.5. The molecule has 0 saturated carbocycles. The summed E-state index contributed by atoms with van der Waals surface area (Å²) in [5.41, 5.74) is 5.46. The maximum atomic E-state index is 5.48. The number of fused-ring (bicyclic) bond motifs is 2. The van der Waals surface area contributed by atoms with Crippen molar-refractivity contribution in [2.24, 2.45) is 11.8 Å². The molecule has 6 heteroatoms. The summed E-state index contributed by atoms with van der Waals surface area (Å²) in [7, 11) is 3.35. The lowest BCUT2D eigenvalue weighted by atomic mass is 9.90. The maximum Gasteiger partial charge on any atom is 0.158 e. The number of aryl methyl sites for hydroxylation is 1. The predicted octanol–water partition coefficient (Wildman–Crippen LogP) is 4.77. The van der Waals surface area contributed by atoms with E-state index in [2.05, 4.69) is 29.3 Å². The van der Waals surface area contributed by atoms with Crippen LogP contribution < -0.4 is 14.4 Å². The fraction of sp³-hybridized carbons (Fsp3) is 0.520. The topological polar surface area (TPSA) is 51.9 Å². The highest BCUT2D eigenvalue weighted by Crippen LogP contribution is 2.36. The van der Waals surface area contributed by atoms with Crippen LogP contribution in [0, 0.1) is 11.8 Å². The minimum Gasteiger partial charge on any atom is -0.497 e. The molecule has 2 aromatic heterocycles. The van der Waals surface area contributed by atoms with E-state index < -0.39 is 0 Å². The number of hydrogen-bond donors (Lipinski definition) is 0. The number of hydrogen-bond acceptors (Lipinski definition) is 5. The van der Waals surface area contributed by atoms with Gasteiger partial charge in [-0.2, -0.15) is 9.61 Å². The lowest BCUT2D eigenvalue weighted by Crippen LogP contribution is -2.40. The third kappa shape index (κ3) is 3.73. The van der Waals surface area contributed by atoms with E-state index in [9.17, 15) is 0 Å². The van der Waals surface area contributed by atoms with E-state index in [1.54, 1.807) is 14.2 Å². The molecule has 164 valence electrons. The predicted molar refractivity (Wildman–Crippen MR) is 123 cm³/mol. The Labute approximate surface area is 184 Å². The van der Waals surface area contributed by atoms with Crippen molar-refractivity contribution in [3.8, 4) is 22.8 Å². The van der Waals surface area contributed by atoms with E-state index in [1.165, 1.54) is 36.3 Å². The van der Waals surface area contributed by atoms with Gasteiger partial charge in [0.1, 0.15) is 17.3 Å². The van der Waals surface area contributed by atoms with Crippen LogP contribution in [0.1, 0.15) is 44.4 Å². The molecular formula is C25H32N4O2. The molecule has 5 rings (SSSR count). The highest BCUT2D eigenvalue weighted by molar-refractivity contribution is 5.70. The zero-order valence-corrected chi connectivity index (χ0v) is 19.0. The van der Waals surface area contributed by atoms with Crippen molar-refractivity contribution in [3.63, 3.8) is 0 Å². The van der Waals surface area contributed by atoms with Crippen LogP contribution in [0.25, 0.3) is 16.9 Å². The SMILES string of the molecule is COc1cc(OC)cc(-c2cc3nc4c(c(N5C[C@H](C)C[C@@H](C)C5)n3n2)CCCC4)c1. The standard InChI is InChI=1S/C25H32N4O2/c1-16-9-17(2)15-28(14-16)25-21-7-5-6-8-22(21)26-24-13-23(27-29(24)25)18-10-19(30-3)12-20(11-18)31-4/h10-13,16-17H,5-9,14-15H2,1-4H3/t16-,17-/m1/s1. The highest BCUT2D eigenvalue weighted by Gasteiger charge is 2.29. The molecule has 0 spiro atoms. The Hall–Kier alpha value is -2.76. The Bertz CT molecular complexity index is 1070. The average molecular weight is 421 g/mol. The van der Waals surface area contributed by atoms with Gasteiger partial charge in [0.05, 0.1) is 19.9 Å². The Morgan fingerprint density at radius 1 is 0.903 bits per heavy atom. The summed E-state index contributed by atoms with van der Waals surface area (Å²) >= 11 is 0. The van der Waals surface area contributed by atoms with Gasteiger partial charge in [0.15, 0.2) is 5.65 Å². The number of piperidine rings is 1. The van der Waals surface area contributed by atoms with Gasteiger partial charge >= 0.3 is 0 Å². The molecule has 0 unspecified atom stereocenters. The second-order valence-corrected chi connectivity index (χ2v) is 9.32. The van der Waals surface area contributed by atoms with Gasteiger partial charge in [-0.1, -0.05) is 13.8 Å². The molecule has 0 radical (unpaired) electrons. The molecule has 0 amide bonds. The molecule has 0 bridgehead atoms. The minimum absolute atomic E-state index is 0.684. The molecule has 3 heterocycles. The van der Waals surface area contributed by atoms with Crippen molar-refractivity contribution in [1.82, 2.24) is 14.6 Å². The van der Waals surface area contributed by atoms with Crippen LogP contribution in [0.2, 0.25) is 0 Å².